The summed E-state index contributed by atoms with van der Waals surface area (Å²) in [7, 11) is 1.59. The first-order chi connectivity index (χ1) is 14.0. The van der Waals surface area contributed by atoms with Gasteiger partial charge in [0.1, 0.15) is 17.1 Å². The molecule has 0 aliphatic heterocycles. The molecular formula is C24H18O5. The van der Waals surface area contributed by atoms with E-state index in [1.165, 1.54) is 0 Å². The Balaban J connectivity index is 1.63. The zero-order chi connectivity index (χ0) is 20.4. The molecule has 144 valence electrons. The summed E-state index contributed by atoms with van der Waals surface area (Å²) in [6.45, 7) is 1.95. The molecule has 0 N–H and O–H groups in total. The van der Waals surface area contributed by atoms with E-state index in [1.54, 1.807) is 67.8 Å². The van der Waals surface area contributed by atoms with Gasteiger partial charge in [0.05, 0.1) is 18.2 Å². The lowest BCUT2D eigenvalue weighted by Gasteiger charge is -2.07. The molecule has 0 aliphatic rings. The molecule has 0 bridgehead atoms. The van der Waals surface area contributed by atoms with Crippen LogP contribution in [0.2, 0.25) is 0 Å². The average molecular weight is 386 g/mol. The van der Waals surface area contributed by atoms with Crippen LogP contribution in [0.1, 0.15) is 15.9 Å². The summed E-state index contributed by atoms with van der Waals surface area (Å²) in [5.74, 6) is 0.545. The molecule has 29 heavy (non-hydrogen) atoms. The highest BCUT2D eigenvalue weighted by Crippen LogP contribution is 2.26. The van der Waals surface area contributed by atoms with Gasteiger partial charge in [0.15, 0.2) is 0 Å². The molecule has 4 aromatic rings. The zero-order valence-electron chi connectivity index (χ0n) is 16.0. The van der Waals surface area contributed by atoms with Crippen LogP contribution in [0.3, 0.4) is 0 Å². The van der Waals surface area contributed by atoms with Crippen molar-refractivity contribution >= 4 is 16.9 Å². The van der Waals surface area contributed by atoms with Crippen LogP contribution < -0.4 is 15.1 Å². The van der Waals surface area contributed by atoms with Gasteiger partial charge in [-0.25, -0.2) is 9.59 Å². The number of hydrogen-bond acceptors (Lipinski definition) is 5. The lowest BCUT2D eigenvalue weighted by Crippen LogP contribution is -2.08. The number of carbonyl (C=O) groups excluding carboxylic acids is 1. The van der Waals surface area contributed by atoms with Gasteiger partial charge in [-0.05, 0) is 55.0 Å². The van der Waals surface area contributed by atoms with E-state index in [9.17, 15) is 9.59 Å². The van der Waals surface area contributed by atoms with E-state index in [0.717, 1.165) is 16.5 Å². The molecule has 0 spiro atoms. The number of benzene rings is 3. The van der Waals surface area contributed by atoms with Gasteiger partial charge in [-0.1, -0.05) is 29.8 Å². The Bertz CT molecular complexity index is 1240. The number of carbonyl (C=O) groups is 1. The summed E-state index contributed by atoms with van der Waals surface area (Å²) in [4.78, 5) is 24.8. The molecular weight excluding hydrogens is 368 g/mol. The number of aryl methyl sites for hydroxylation is 1. The highest BCUT2D eigenvalue weighted by Gasteiger charge is 2.12. The van der Waals surface area contributed by atoms with Crippen LogP contribution in [0, 0.1) is 6.92 Å². The molecule has 5 heteroatoms. The monoisotopic (exact) mass is 386 g/mol. The zero-order valence-corrected chi connectivity index (χ0v) is 16.0. The van der Waals surface area contributed by atoms with E-state index in [-0.39, 0.29) is 0 Å². The first kappa shape index (κ1) is 18.5. The Morgan fingerprint density at radius 3 is 2.24 bits per heavy atom. The molecule has 1 heterocycles. The molecule has 0 radical (unpaired) electrons. The lowest BCUT2D eigenvalue weighted by molar-refractivity contribution is 0.0735. The van der Waals surface area contributed by atoms with Gasteiger partial charge in [-0.2, -0.15) is 0 Å². The Kier molecular flexibility index (Phi) is 4.87. The van der Waals surface area contributed by atoms with Gasteiger partial charge in [0.2, 0.25) is 0 Å². The second kappa shape index (κ2) is 7.64. The lowest BCUT2D eigenvalue weighted by atomic mass is 10.1. The standard InChI is InChI=1S/C24H18O5/c1-15-3-5-17(6-4-15)23(25)28-20-12-9-18-13-21(24(26)29-22(18)14-20)16-7-10-19(27-2)11-8-16/h3-14H,1-2H3. The molecule has 0 saturated carbocycles. The number of fused-ring (bicyclic) bond motifs is 1. The maximum Gasteiger partial charge on any atom is 0.344 e. The van der Waals surface area contributed by atoms with E-state index in [1.807, 2.05) is 19.1 Å². The number of hydrogen-bond donors (Lipinski definition) is 0. The normalized spacial score (nSPS) is 10.7. The van der Waals surface area contributed by atoms with E-state index in [2.05, 4.69) is 0 Å². The fourth-order valence-electron chi connectivity index (χ4n) is 2.98. The Labute approximate surface area is 167 Å². The quantitative estimate of drug-likeness (QED) is 0.281. The van der Waals surface area contributed by atoms with E-state index >= 15 is 0 Å². The molecule has 0 fully saturated rings. The van der Waals surface area contributed by atoms with E-state index < -0.39 is 11.6 Å². The highest BCUT2D eigenvalue weighted by molar-refractivity contribution is 5.92. The van der Waals surface area contributed by atoms with Crippen molar-refractivity contribution in [2.45, 2.75) is 6.92 Å². The molecule has 0 unspecified atom stereocenters. The van der Waals surface area contributed by atoms with Crippen molar-refractivity contribution in [1.29, 1.82) is 0 Å². The number of esters is 1. The van der Waals surface area contributed by atoms with Crippen molar-refractivity contribution in [3.8, 4) is 22.6 Å². The van der Waals surface area contributed by atoms with Gasteiger partial charge in [0.25, 0.3) is 0 Å². The number of ether oxygens (including phenoxy) is 2. The second-order valence-corrected chi connectivity index (χ2v) is 6.63. The Morgan fingerprint density at radius 2 is 1.55 bits per heavy atom. The van der Waals surface area contributed by atoms with Crippen LogP contribution in [-0.2, 0) is 0 Å². The van der Waals surface area contributed by atoms with Crippen LogP contribution in [-0.4, -0.2) is 13.1 Å². The van der Waals surface area contributed by atoms with Crippen molar-refractivity contribution in [1.82, 2.24) is 0 Å². The van der Waals surface area contributed by atoms with Gasteiger partial charge < -0.3 is 13.9 Å². The van der Waals surface area contributed by atoms with Crippen molar-refractivity contribution < 1.29 is 18.7 Å². The van der Waals surface area contributed by atoms with Crippen LogP contribution in [0.4, 0.5) is 0 Å². The number of methoxy groups -OCH3 is 1. The van der Waals surface area contributed by atoms with Crippen molar-refractivity contribution in [2.24, 2.45) is 0 Å². The minimum atomic E-state index is -0.471. The molecule has 3 aromatic carbocycles. The van der Waals surface area contributed by atoms with E-state index in [0.29, 0.717) is 28.2 Å². The molecule has 0 amide bonds. The van der Waals surface area contributed by atoms with Crippen LogP contribution in [0.25, 0.3) is 22.1 Å². The molecule has 0 atom stereocenters. The van der Waals surface area contributed by atoms with Crippen LogP contribution in [0.5, 0.6) is 11.5 Å². The fraction of sp³-hybridized carbons (Fsp3) is 0.0833. The van der Waals surface area contributed by atoms with Crippen LogP contribution >= 0.6 is 0 Å². The third-order valence-electron chi connectivity index (χ3n) is 4.61. The Hall–Kier alpha value is -3.86. The predicted molar refractivity (Wildman–Crippen MR) is 111 cm³/mol. The maximum atomic E-state index is 12.5. The summed E-state index contributed by atoms with van der Waals surface area (Å²) >= 11 is 0. The minimum Gasteiger partial charge on any atom is -0.497 e. The third-order valence-corrected chi connectivity index (χ3v) is 4.61. The summed E-state index contributed by atoms with van der Waals surface area (Å²) in [6, 6.07) is 21.0. The minimum absolute atomic E-state index is 0.309. The van der Waals surface area contributed by atoms with Crippen molar-refractivity contribution in [3.63, 3.8) is 0 Å². The maximum absolute atomic E-state index is 12.5. The first-order valence-corrected chi connectivity index (χ1v) is 9.05. The van der Waals surface area contributed by atoms with Gasteiger partial charge in [0, 0.05) is 11.5 Å². The summed E-state index contributed by atoms with van der Waals surface area (Å²) in [6.07, 6.45) is 0. The largest absolute Gasteiger partial charge is 0.497 e. The van der Waals surface area contributed by atoms with Crippen molar-refractivity contribution in [3.05, 3.63) is 94.3 Å². The Morgan fingerprint density at radius 1 is 0.862 bits per heavy atom. The third kappa shape index (κ3) is 3.89. The van der Waals surface area contributed by atoms with E-state index in [4.69, 9.17) is 13.9 Å². The summed E-state index contributed by atoms with van der Waals surface area (Å²) in [5, 5.41) is 0.727. The van der Waals surface area contributed by atoms with Crippen LogP contribution in [0.15, 0.2) is 82.0 Å². The SMILES string of the molecule is COc1ccc(-c2cc3ccc(OC(=O)c4ccc(C)cc4)cc3oc2=O)cc1. The highest BCUT2D eigenvalue weighted by atomic mass is 16.5. The smallest absolute Gasteiger partial charge is 0.344 e. The summed E-state index contributed by atoms with van der Waals surface area (Å²) < 4.78 is 16.0. The molecule has 5 nitrogen and oxygen atoms in total. The van der Waals surface area contributed by atoms with Gasteiger partial charge in [-0.3, -0.25) is 0 Å². The van der Waals surface area contributed by atoms with Gasteiger partial charge >= 0.3 is 11.6 Å². The van der Waals surface area contributed by atoms with Gasteiger partial charge in [-0.15, -0.1) is 0 Å². The van der Waals surface area contributed by atoms with Crippen molar-refractivity contribution in [2.75, 3.05) is 7.11 Å². The molecule has 1 aromatic heterocycles. The topological polar surface area (TPSA) is 65.7 Å². The predicted octanol–water partition coefficient (Wildman–Crippen LogP) is 5.00. The summed E-state index contributed by atoms with van der Waals surface area (Å²) in [5.41, 5.74) is 2.57. The fourth-order valence-corrected chi connectivity index (χ4v) is 2.98. The number of rotatable bonds is 4. The second-order valence-electron chi connectivity index (χ2n) is 6.63. The molecule has 4 rings (SSSR count). The molecule has 0 saturated heterocycles. The molecule has 0 aliphatic carbocycles. The first-order valence-electron chi connectivity index (χ1n) is 9.05. The average Bonchev–Trinajstić information content (AvgIpc) is 2.74.